The number of nitrogens with zero attached hydrogens (tertiary/aromatic N) is 3. The number of carbonyl (C=O) groups excluding carboxylic acids is 1. The molecular weight excluding hydrogens is 544 g/mol. The molecule has 214 valence electrons. The van der Waals surface area contributed by atoms with Crippen molar-refractivity contribution in [3.8, 4) is 34.3 Å². The molecule has 2 aromatic carbocycles. The smallest absolute Gasteiger partial charge is 0.257 e. The highest BCUT2D eigenvalue weighted by atomic mass is 19.1. The van der Waals surface area contributed by atoms with Crippen molar-refractivity contribution in [2.75, 3.05) is 14.2 Å². The van der Waals surface area contributed by atoms with Gasteiger partial charge in [0.15, 0.2) is 34.3 Å². The zero-order valence-corrected chi connectivity index (χ0v) is 23.6. The molecule has 0 aliphatic carbocycles. The average Bonchev–Trinajstić information content (AvgIpc) is 2.96. The molecule has 0 spiro atoms. The van der Waals surface area contributed by atoms with Gasteiger partial charge in [-0.2, -0.15) is 0 Å². The maximum Gasteiger partial charge on any atom is 0.257 e. The first kappa shape index (κ1) is 28.4. The number of methoxy groups -OCH3 is 2. The van der Waals surface area contributed by atoms with E-state index in [0.29, 0.717) is 39.2 Å². The van der Waals surface area contributed by atoms with Crippen LogP contribution in [0.15, 0.2) is 65.7 Å². The van der Waals surface area contributed by atoms with Crippen molar-refractivity contribution < 1.29 is 27.8 Å². The highest BCUT2D eigenvalue weighted by molar-refractivity contribution is 5.99. The van der Waals surface area contributed by atoms with Crippen LogP contribution in [0.5, 0.6) is 23.1 Å². The molecule has 8 nitrogen and oxygen atoms in total. The summed E-state index contributed by atoms with van der Waals surface area (Å²) >= 11 is 0. The fourth-order valence-corrected chi connectivity index (χ4v) is 4.79. The van der Waals surface area contributed by atoms with Gasteiger partial charge in [0.05, 0.1) is 25.3 Å². The molecule has 5 aromatic rings. The number of ketones is 1. The molecule has 0 bridgehead atoms. The third kappa shape index (κ3) is 5.30. The summed E-state index contributed by atoms with van der Waals surface area (Å²) in [6.45, 7) is 3.37. The molecular formula is C32H27F2N3O5. The summed E-state index contributed by atoms with van der Waals surface area (Å²) in [6.07, 6.45) is 2.92. The quantitative estimate of drug-likeness (QED) is 0.207. The largest absolute Gasteiger partial charge is 0.491 e. The lowest BCUT2D eigenvalue weighted by Crippen LogP contribution is -2.24. The molecule has 0 aliphatic heterocycles. The van der Waals surface area contributed by atoms with Crippen LogP contribution in [0.2, 0.25) is 0 Å². The molecule has 0 N–H and O–H groups in total. The second kappa shape index (κ2) is 11.4. The first-order valence-corrected chi connectivity index (χ1v) is 12.9. The van der Waals surface area contributed by atoms with Crippen LogP contribution in [0, 0.1) is 25.5 Å². The number of Topliss-reactive ketones (excluding diaryl/α,β-unsaturated/α-hetero) is 1. The molecule has 0 atom stereocenters. The summed E-state index contributed by atoms with van der Waals surface area (Å²) in [4.78, 5) is 35.5. The number of halogens is 2. The number of pyridine rings is 3. The number of ether oxygens (including phenoxy) is 3. The summed E-state index contributed by atoms with van der Waals surface area (Å²) in [5.74, 6) is -0.819. The van der Waals surface area contributed by atoms with Gasteiger partial charge in [-0.25, -0.2) is 13.8 Å². The summed E-state index contributed by atoms with van der Waals surface area (Å²) in [6, 6.07) is 11.5. The molecule has 0 saturated carbocycles. The second-order valence-electron chi connectivity index (χ2n) is 9.75. The number of rotatable bonds is 8. The number of benzene rings is 2. The maximum atomic E-state index is 15.2. The van der Waals surface area contributed by atoms with E-state index in [2.05, 4.69) is 9.97 Å². The molecule has 10 heteroatoms. The minimum atomic E-state index is -0.703. The molecule has 3 heterocycles. The van der Waals surface area contributed by atoms with Crippen LogP contribution >= 0.6 is 0 Å². The lowest BCUT2D eigenvalue weighted by atomic mass is 9.95. The number of aryl methyl sites for hydroxylation is 2. The zero-order valence-electron chi connectivity index (χ0n) is 23.6. The molecule has 0 unspecified atom stereocenters. The Morgan fingerprint density at radius 1 is 0.929 bits per heavy atom. The monoisotopic (exact) mass is 571 g/mol. The standard InChI is InChI=1S/C32H27F2N3O5/c1-17-12-20(33)7-8-21(17)22-16-37(3)18(2)29(31(22)39)25(38)14-19-6-9-26(23(34)13-19)42-27-10-11-35-24-15-28(40-4)32(41-5)36-30(24)27/h6-13,15-16H,14H2,1-5H3. The highest BCUT2D eigenvalue weighted by Crippen LogP contribution is 2.35. The van der Waals surface area contributed by atoms with Crippen LogP contribution in [0.1, 0.15) is 27.2 Å². The Bertz CT molecular complexity index is 1920. The van der Waals surface area contributed by atoms with Gasteiger partial charge in [-0.3, -0.25) is 14.6 Å². The predicted octanol–water partition coefficient (Wildman–Crippen LogP) is 6.13. The number of hydrogen-bond donors (Lipinski definition) is 0. The van der Waals surface area contributed by atoms with Crippen LogP contribution in [0.25, 0.3) is 22.2 Å². The second-order valence-corrected chi connectivity index (χ2v) is 9.75. The van der Waals surface area contributed by atoms with Gasteiger partial charge in [-0.05, 0) is 54.8 Å². The van der Waals surface area contributed by atoms with Gasteiger partial charge in [0.25, 0.3) is 5.88 Å². The van der Waals surface area contributed by atoms with Crippen molar-refractivity contribution in [3.05, 3.63) is 105 Å². The van der Waals surface area contributed by atoms with Gasteiger partial charge >= 0.3 is 0 Å². The van der Waals surface area contributed by atoms with Crippen molar-refractivity contribution in [2.24, 2.45) is 7.05 Å². The first-order chi connectivity index (χ1) is 20.1. The Morgan fingerprint density at radius 2 is 1.71 bits per heavy atom. The van der Waals surface area contributed by atoms with E-state index in [4.69, 9.17) is 14.2 Å². The summed E-state index contributed by atoms with van der Waals surface area (Å²) in [7, 11) is 4.66. The van der Waals surface area contributed by atoms with Crippen molar-refractivity contribution in [2.45, 2.75) is 20.3 Å². The zero-order chi connectivity index (χ0) is 30.1. The topological polar surface area (TPSA) is 92.5 Å². The number of aromatic nitrogens is 3. The fraction of sp³-hybridized carbons (Fsp3) is 0.188. The predicted molar refractivity (Wildman–Crippen MR) is 154 cm³/mol. The van der Waals surface area contributed by atoms with Gasteiger partial charge in [-0.15, -0.1) is 0 Å². The van der Waals surface area contributed by atoms with Gasteiger partial charge in [0.2, 0.25) is 0 Å². The molecule has 5 rings (SSSR count). The Labute approximate surface area is 240 Å². The lowest BCUT2D eigenvalue weighted by Gasteiger charge is -2.15. The van der Waals surface area contributed by atoms with E-state index in [9.17, 15) is 14.0 Å². The van der Waals surface area contributed by atoms with Crippen molar-refractivity contribution in [1.82, 2.24) is 14.5 Å². The molecule has 3 aromatic heterocycles. The number of fused-ring (bicyclic) bond motifs is 1. The van der Waals surface area contributed by atoms with E-state index in [-0.39, 0.29) is 34.9 Å². The molecule has 42 heavy (non-hydrogen) atoms. The van der Waals surface area contributed by atoms with E-state index in [1.807, 2.05) is 0 Å². The van der Waals surface area contributed by atoms with Crippen LogP contribution in [-0.2, 0) is 13.5 Å². The van der Waals surface area contributed by atoms with Gasteiger partial charge in [0.1, 0.15) is 11.3 Å². The normalized spacial score (nSPS) is 11.0. The third-order valence-electron chi connectivity index (χ3n) is 7.04. The van der Waals surface area contributed by atoms with Gasteiger partial charge in [-0.1, -0.05) is 12.1 Å². The summed E-state index contributed by atoms with van der Waals surface area (Å²) in [5, 5.41) is 0. The van der Waals surface area contributed by atoms with Gasteiger partial charge < -0.3 is 18.8 Å². The third-order valence-corrected chi connectivity index (χ3v) is 7.04. The Hall–Kier alpha value is -5.12. The van der Waals surface area contributed by atoms with Crippen molar-refractivity contribution >= 4 is 16.8 Å². The summed E-state index contributed by atoms with van der Waals surface area (Å²) < 4.78 is 47.0. The minimum absolute atomic E-state index is 0.00170. The highest BCUT2D eigenvalue weighted by Gasteiger charge is 2.21. The minimum Gasteiger partial charge on any atom is -0.491 e. The Morgan fingerprint density at radius 3 is 2.40 bits per heavy atom. The fourth-order valence-electron chi connectivity index (χ4n) is 4.79. The van der Waals surface area contributed by atoms with Gasteiger partial charge in [0, 0.05) is 49.3 Å². The first-order valence-electron chi connectivity index (χ1n) is 12.9. The van der Waals surface area contributed by atoms with Crippen molar-refractivity contribution in [3.63, 3.8) is 0 Å². The van der Waals surface area contributed by atoms with Crippen LogP contribution in [0.4, 0.5) is 8.78 Å². The van der Waals surface area contributed by atoms with E-state index in [0.717, 1.165) is 0 Å². The molecule has 0 aliphatic rings. The van der Waals surface area contributed by atoms with Crippen molar-refractivity contribution in [1.29, 1.82) is 0 Å². The average molecular weight is 572 g/mol. The number of hydrogen-bond acceptors (Lipinski definition) is 7. The molecule has 0 amide bonds. The van der Waals surface area contributed by atoms with E-state index in [1.54, 1.807) is 49.9 Å². The van der Waals surface area contributed by atoms with Crippen LogP contribution < -0.4 is 19.6 Å². The van der Waals surface area contributed by atoms with E-state index in [1.165, 1.54) is 50.7 Å². The molecule has 0 fully saturated rings. The number of carbonyl (C=O) groups is 1. The summed E-state index contributed by atoms with van der Waals surface area (Å²) in [5.41, 5.74) is 2.56. The SMILES string of the molecule is COc1cc2nccc(Oc3ccc(CC(=O)c4c(C)n(C)cc(-c5ccc(F)cc5C)c4=O)cc3F)c2nc1OC. The lowest BCUT2D eigenvalue weighted by molar-refractivity contribution is 0.0990. The molecule has 0 saturated heterocycles. The Kier molecular flexibility index (Phi) is 7.71. The Balaban J connectivity index is 1.44. The maximum absolute atomic E-state index is 15.2. The van der Waals surface area contributed by atoms with E-state index >= 15 is 4.39 Å². The molecule has 0 radical (unpaired) electrons. The van der Waals surface area contributed by atoms with Crippen LogP contribution in [0.3, 0.4) is 0 Å². The van der Waals surface area contributed by atoms with Crippen LogP contribution in [-0.4, -0.2) is 34.5 Å². The van der Waals surface area contributed by atoms with E-state index < -0.39 is 22.8 Å².